The van der Waals surface area contributed by atoms with E-state index in [0.29, 0.717) is 13.0 Å². The number of rotatable bonds is 3. The number of aromatic nitrogens is 4. The summed E-state index contributed by atoms with van der Waals surface area (Å²) in [5.74, 6) is 0.0658. The number of likely N-dealkylation sites (tertiary alicyclic amines) is 1. The number of carbonyl (C=O) groups is 1. The molecule has 0 saturated carbocycles. The Labute approximate surface area is 138 Å². The highest BCUT2D eigenvalue weighted by molar-refractivity contribution is 6.00. The van der Waals surface area contributed by atoms with Crippen LogP contribution in [-0.2, 0) is 4.79 Å². The van der Waals surface area contributed by atoms with Gasteiger partial charge in [-0.15, -0.1) is 6.58 Å². The van der Waals surface area contributed by atoms with Crippen LogP contribution >= 0.6 is 0 Å². The van der Waals surface area contributed by atoms with Crippen LogP contribution in [0.25, 0.3) is 22.1 Å². The lowest BCUT2D eigenvalue weighted by Crippen LogP contribution is -2.42. The topological polar surface area (TPSA) is 86.8 Å². The number of imidazole rings is 1. The number of carbonyl (C=O) groups excluding carboxylic acids is 1. The number of piperidine rings is 1. The molecule has 4 rings (SSSR count). The highest BCUT2D eigenvalue weighted by Gasteiger charge is 2.27. The summed E-state index contributed by atoms with van der Waals surface area (Å²) in [4.78, 5) is 36.9. The van der Waals surface area contributed by atoms with Crippen molar-refractivity contribution in [2.24, 2.45) is 0 Å². The van der Waals surface area contributed by atoms with Gasteiger partial charge in [0.25, 0.3) is 0 Å². The molecule has 3 aromatic heterocycles. The van der Waals surface area contributed by atoms with Crippen molar-refractivity contribution in [3.05, 3.63) is 41.6 Å². The van der Waals surface area contributed by atoms with E-state index in [-0.39, 0.29) is 17.6 Å². The first-order valence-electron chi connectivity index (χ1n) is 8.14. The van der Waals surface area contributed by atoms with Crippen LogP contribution in [0, 0.1) is 0 Å². The highest BCUT2D eigenvalue weighted by atomic mass is 16.2. The van der Waals surface area contributed by atoms with Gasteiger partial charge in [-0.05, 0) is 18.9 Å². The van der Waals surface area contributed by atoms with E-state index in [1.165, 1.54) is 0 Å². The zero-order valence-corrected chi connectivity index (χ0v) is 13.3. The molecule has 0 aliphatic carbocycles. The van der Waals surface area contributed by atoms with E-state index in [1.807, 2.05) is 17.2 Å². The van der Waals surface area contributed by atoms with Crippen molar-refractivity contribution in [2.45, 2.75) is 25.3 Å². The van der Waals surface area contributed by atoms with Gasteiger partial charge in [0, 0.05) is 31.1 Å². The zero-order valence-electron chi connectivity index (χ0n) is 13.3. The fourth-order valence-corrected chi connectivity index (χ4v) is 3.61. The minimum absolute atomic E-state index is 0.0331. The van der Waals surface area contributed by atoms with Gasteiger partial charge in [-0.2, -0.15) is 0 Å². The van der Waals surface area contributed by atoms with Crippen LogP contribution in [0.15, 0.2) is 35.9 Å². The second kappa shape index (κ2) is 5.67. The third-order valence-electron chi connectivity index (χ3n) is 4.69. The van der Waals surface area contributed by atoms with Crippen LogP contribution < -0.4 is 5.69 Å². The van der Waals surface area contributed by atoms with Crippen molar-refractivity contribution in [1.29, 1.82) is 0 Å². The molecular formula is C17H19N5O2. The Kier molecular flexibility index (Phi) is 3.48. The molecule has 2 N–H and O–H groups in total. The third kappa shape index (κ3) is 2.24. The maximum absolute atomic E-state index is 12.6. The number of nitrogens with one attached hydrogen (secondary N) is 2. The lowest BCUT2D eigenvalue weighted by Gasteiger charge is -2.33. The molecule has 1 fully saturated rings. The number of nitrogens with zero attached hydrogens (tertiary/aromatic N) is 3. The van der Waals surface area contributed by atoms with E-state index in [1.54, 1.807) is 16.8 Å². The molecule has 0 bridgehead atoms. The van der Waals surface area contributed by atoms with E-state index in [0.717, 1.165) is 41.5 Å². The predicted molar refractivity (Wildman–Crippen MR) is 91.9 cm³/mol. The Morgan fingerprint density at radius 1 is 1.50 bits per heavy atom. The van der Waals surface area contributed by atoms with Gasteiger partial charge < -0.3 is 14.9 Å². The van der Waals surface area contributed by atoms with Gasteiger partial charge in [-0.3, -0.25) is 9.36 Å². The minimum Gasteiger partial charge on any atom is -0.346 e. The number of hydrogen-bond acceptors (Lipinski definition) is 3. The minimum atomic E-state index is -0.150. The molecule has 24 heavy (non-hydrogen) atoms. The zero-order chi connectivity index (χ0) is 16.7. The molecule has 124 valence electrons. The number of aromatic amines is 2. The molecule has 1 aliphatic heterocycles. The summed E-state index contributed by atoms with van der Waals surface area (Å²) in [7, 11) is 0. The first-order chi connectivity index (χ1) is 11.7. The molecule has 7 nitrogen and oxygen atoms in total. The van der Waals surface area contributed by atoms with E-state index >= 15 is 0 Å². The van der Waals surface area contributed by atoms with Crippen LogP contribution in [0.3, 0.4) is 0 Å². The van der Waals surface area contributed by atoms with Gasteiger partial charge in [0.15, 0.2) is 0 Å². The number of pyridine rings is 1. The van der Waals surface area contributed by atoms with Crippen LogP contribution in [0.4, 0.5) is 0 Å². The van der Waals surface area contributed by atoms with Gasteiger partial charge in [0.2, 0.25) is 5.91 Å². The molecular weight excluding hydrogens is 306 g/mol. The quantitative estimate of drug-likeness (QED) is 0.722. The van der Waals surface area contributed by atoms with Crippen molar-refractivity contribution in [2.75, 3.05) is 13.1 Å². The molecule has 0 aromatic carbocycles. The molecule has 1 unspecified atom stereocenters. The fourth-order valence-electron chi connectivity index (χ4n) is 3.61. The Bertz CT molecular complexity index is 980. The summed E-state index contributed by atoms with van der Waals surface area (Å²) in [6, 6.07) is 1.90. The van der Waals surface area contributed by atoms with Crippen molar-refractivity contribution in [1.82, 2.24) is 24.4 Å². The predicted octanol–water partition coefficient (Wildman–Crippen LogP) is 1.95. The monoisotopic (exact) mass is 325 g/mol. The molecule has 1 saturated heterocycles. The van der Waals surface area contributed by atoms with E-state index in [9.17, 15) is 9.59 Å². The molecule has 1 aliphatic rings. The normalized spacial score (nSPS) is 18.3. The largest absolute Gasteiger partial charge is 0.346 e. The lowest BCUT2D eigenvalue weighted by atomic mass is 10.0. The Hall–Kier alpha value is -2.83. The lowest BCUT2D eigenvalue weighted by molar-refractivity contribution is -0.131. The summed E-state index contributed by atoms with van der Waals surface area (Å²) in [5.41, 5.74) is 2.19. The average Bonchev–Trinajstić information content (AvgIpc) is 3.18. The molecule has 0 spiro atoms. The van der Waals surface area contributed by atoms with E-state index < -0.39 is 0 Å². The highest BCUT2D eigenvalue weighted by Crippen LogP contribution is 2.27. The van der Waals surface area contributed by atoms with E-state index in [2.05, 4.69) is 21.5 Å². The molecule has 0 radical (unpaired) electrons. The van der Waals surface area contributed by atoms with Crippen LogP contribution in [-0.4, -0.2) is 43.4 Å². The first kappa shape index (κ1) is 14.7. The molecule has 1 atom stereocenters. The smallest absolute Gasteiger partial charge is 0.326 e. The first-order valence-corrected chi connectivity index (χ1v) is 8.14. The van der Waals surface area contributed by atoms with Gasteiger partial charge >= 0.3 is 5.69 Å². The SMILES string of the molecule is C=CCC(=O)N1CCCC(n2c(=O)[nH]c3cnc4[nH]ccc4c32)C1. The number of hydrogen-bond donors (Lipinski definition) is 2. The van der Waals surface area contributed by atoms with Gasteiger partial charge in [-0.1, -0.05) is 6.08 Å². The Morgan fingerprint density at radius 3 is 3.21 bits per heavy atom. The molecule has 3 aromatic rings. The Balaban J connectivity index is 1.79. The summed E-state index contributed by atoms with van der Waals surface area (Å²) in [6.45, 7) is 4.92. The number of fused-ring (bicyclic) bond motifs is 3. The summed E-state index contributed by atoms with van der Waals surface area (Å²) >= 11 is 0. The Morgan fingerprint density at radius 2 is 2.38 bits per heavy atom. The summed E-state index contributed by atoms with van der Waals surface area (Å²) in [5, 5.41) is 0.917. The van der Waals surface area contributed by atoms with Crippen LogP contribution in [0.1, 0.15) is 25.3 Å². The van der Waals surface area contributed by atoms with E-state index in [4.69, 9.17) is 0 Å². The van der Waals surface area contributed by atoms with Crippen molar-refractivity contribution in [3.63, 3.8) is 0 Å². The van der Waals surface area contributed by atoms with Gasteiger partial charge in [0.05, 0.1) is 23.3 Å². The third-order valence-corrected chi connectivity index (χ3v) is 4.69. The van der Waals surface area contributed by atoms with Crippen molar-refractivity contribution < 1.29 is 4.79 Å². The fraction of sp³-hybridized carbons (Fsp3) is 0.353. The standard InChI is InChI=1S/C17H19N5O2/c1-2-4-14(23)21-8-3-5-11(10-21)22-15-12-6-7-18-16(12)19-9-13(15)20-17(22)24/h2,6-7,9,11H,1,3-5,8,10H2,(H,18,19)(H,20,24). The van der Waals surface area contributed by atoms with Crippen molar-refractivity contribution in [3.8, 4) is 0 Å². The summed E-state index contributed by atoms with van der Waals surface area (Å²) < 4.78 is 1.79. The second-order valence-electron chi connectivity index (χ2n) is 6.19. The molecule has 4 heterocycles. The van der Waals surface area contributed by atoms with Crippen LogP contribution in [0.2, 0.25) is 0 Å². The van der Waals surface area contributed by atoms with Crippen molar-refractivity contribution >= 4 is 28.0 Å². The van der Waals surface area contributed by atoms with Crippen LogP contribution in [0.5, 0.6) is 0 Å². The maximum atomic E-state index is 12.6. The molecule has 7 heteroatoms. The van der Waals surface area contributed by atoms with Gasteiger partial charge in [-0.25, -0.2) is 9.78 Å². The molecule has 1 amide bonds. The maximum Gasteiger partial charge on any atom is 0.326 e. The van der Waals surface area contributed by atoms with Gasteiger partial charge in [0.1, 0.15) is 5.65 Å². The number of H-pyrrole nitrogens is 2. The second-order valence-corrected chi connectivity index (χ2v) is 6.19. The summed E-state index contributed by atoms with van der Waals surface area (Å²) in [6.07, 6.45) is 7.21. The average molecular weight is 325 g/mol. The number of amides is 1.